The normalized spacial score (nSPS) is 16.1. The second-order valence-corrected chi connectivity index (χ2v) is 7.61. The van der Waals surface area contributed by atoms with E-state index in [-0.39, 0.29) is 10.7 Å². The molecule has 1 saturated heterocycles. The molecule has 2 aromatic rings. The first kappa shape index (κ1) is 20.5. The molecule has 2 aromatic carbocycles. The van der Waals surface area contributed by atoms with Crippen LogP contribution in [0.2, 0.25) is 5.02 Å². The minimum absolute atomic E-state index is 0.00167. The minimum atomic E-state index is -0.496. The Labute approximate surface area is 181 Å². The average molecular weight is 480 g/mol. The summed E-state index contributed by atoms with van der Waals surface area (Å²) in [5, 5.41) is 0.676. The SMILES string of the molecule is CCN1C(=O)/C(=C\c2cc(Br)ccc2OC)C(=O)N(c2ccc(Cl)cc2)C1=S. The number of nitrogens with zero attached hydrogens (tertiary/aromatic N) is 2. The third-order valence-corrected chi connectivity index (χ3v) is 5.37. The highest BCUT2D eigenvalue weighted by Gasteiger charge is 2.39. The van der Waals surface area contributed by atoms with Crippen molar-refractivity contribution >= 4 is 68.4 Å². The van der Waals surface area contributed by atoms with E-state index in [2.05, 4.69) is 15.9 Å². The van der Waals surface area contributed by atoms with Crippen molar-refractivity contribution in [3.05, 3.63) is 63.1 Å². The molecule has 0 aliphatic carbocycles. The number of likely N-dealkylation sites (N-methyl/N-ethyl adjacent to an activating group) is 1. The van der Waals surface area contributed by atoms with Crippen LogP contribution in [0.15, 0.2) is 52.5 Å². The highest BCUT2D eigenvalue weighted by atomic mass is 79.9. The molecule has 0 aromatic heterocycles. The fraction of sp³-hybridized carbons (Fsp3) is 0.150. The van der Waals surface area contributed by atoms with Crippen molar-refractivity contribution in [2.24, 2.45) is 0 Å². The van der Waals surface area contributed by atoms with Crippen LogP contribution in [0.25, 0.3) is 6.08 Å². The number of rotatable bonds is 4. The summed E-state index contributed by atoms with van der Waals surface area (Å²) in [4.78, 5) is 28.9. The predicted octanol–water partition coefficient (Wildman–Crippen LogP) is 4.67. The third kappa shape index (κ3) is 3.83. The second-order valence-electron chi connectivity index (χ2n) is 5.89. The number of thiocarbonyl (C=S) groups is 1. The maximum absolute atomic E-state index is 13.2. The number of hydrogen-bond acceptors (Lipinski definition) is 4. The van der Waals surface area contributed by atoms with Gasteiger partial charge >= 0.3 is 0 Å². The van der Waals surface area contributed by atoms with Gasteiger partial charge in [-0.1, -0.05) is 27.5 Å². The number of methoxy groups -OCH3 is 1. The fourth-order valence-corrected chi connectivity index (χ4v) is 3.75. The number of amides is 2. The Morgan fingerprint density at radius 1 is 1.14 bits per heavy atom. The molecule has 5 nitrogen and oxygen atoms in total. The van der Waals surface area contributed by atoms with Crippen molar-refractivity contribution in [1.29, 1.82) is 0 Å². The van der Waals surface area contributed by atoms with Crippen LogP contribution in [0.1, 0.15) is 12.5 Å². The van der Waals surface area contributed by atoms with Gasteiger partial charge in [-0.15, -0.1) is 0 Å². The number of carbonyl (C=O) groups is 2. The number of hydrogen-bond donors (Lipinski definition) is 0. The van der Waals surface area contributed by atoms with Crippen molar-refractivity contribution in [3.8, 4) is 5.75 Å². The summed E-state index contributed by atoms with van der Waals surface area (Å²) in [6.45, 7) is 2.14. The monoisotopic (exact) mass is 478 g/mol. The van der Waals surface area contributed by atoms with E-state index in [9.17, 15) is 9.59 Å². The van der Waals surface area contributed by atoms with Crippen LogP contribution in [0.5, 0.6) is 5.75 Å². The molecule has 0 bridgehead atoms. The quantitative estimate of drug-likeness (QED) is 0.363. The molecular formula is C20H16BrClN2O3S. The topological polar surface area (TPSA) is 49.9 Å². The summed E-state index contributed by atoms with van der Waals surface area (Å²) < 4.78 is 6.15. The van der Waals surface area contributed by atoms with Crippen LogP contribution < -0.4 is 9.64 Å². The van der Waals surface area contributed by atoms with Crippen molar-refractivity contribution in [2.75, 3.05) is 18.6 Å². The van der Waals surface area contributed by atoms with Gasteiger partial charge in [-0.2, -0.15) is 0 Å². The molecule has 2 amide bonds. The van der Waals surface area contributed by atoms with Crippen molar-refractivity contribution in [2.45, 2.75) is 6.92 Å². The first-order valence-corrected chi connectivity index (χ1v) is 9.96. The van der Waals surface area contributed by atoms with Gasteiger partial charge in [0.25, 0.3) is 11.8 Å². The lowest BCUT2D eigenvalue weighted by atomic mass is 10.0. The molecule has 0 saturated carbocycles. The standard InChI is InChI=1S/C20H16BrClN2O3S/c1-3-23-18(25)16(11-12-10-13(21)4-9-17(12)27-2)19(26)24(20(23)28)15-7-5-14(22)6-8-15/h4-11H,3H2,1-2H3/b16-11+. The Balaban J connectivity index is 2.13. The van der Waals surface area contributed by atoms with Gasteiger partial charge in [0.05, 0.1) is 12.8 Å². The van der Waals surface area contributed by atoms with Gasteiger partial charge in [0.1, 0.15) is 11.3 Å². The van der Waals surface area contributed by atoms with E-state index in [0.717, 1.165) is 4.47 Å². The zero-order chi connectivity index (χ0) is 20.4. The van der Waals surface area contributed by atoms with E-state index in [4.69, 9.17) is 28.6 Å². The lowest BCUT2D eigenvalue weighted by molar-refractivity contribution is -0.127. The largest absolute Gasteiger partial charge is 0.496 e. The van der Waals surface area contributed by atoms with E-state index in [1.54, 1.807) is 43.3 Å². The molecular weight excluding hydrogens is 464 g/mol. The van der Waals surface area contributed by atoms with Gasteiger partial charge in [-0.25, -0.2) is 0 Å². The van der Waals surface area contributed by atoms with Crippen molar-refractivity contribution in [3.63, 3.8) is 0 Å². The molecule has 1 aliphatic heterocycles. The van der Waals surface area contributed by atoms with Crippen LogP contribution in [0, 0.1) is 0 Å². The maximum Gasteiger partial charge on any atom is 0.270 e. The predicted molar refractivity (Wildman–Crippen MR) is 118 cm³/mol. The van der Waals surface area contributed by atoms with Gasteiger partial charge < -0.3 is 4.74 Å². The molecule has 0 radical (unpaired) electrons. The maximum atomic E-state index is 13.2. The Morgan fingerprint density at radius 2 is 1.82 bits per heavy atom. The zero-order valence-corrected chi connectivity index (χ0v) is 18.3. The van der Waals surface area contributed by atoms with Gasteiger partial charge in [0, 0.05) is 21.6 Å². The van der Waals surface area contributed by atoms with E-state index in [1.807, 2.05) is 6.07 Å². The van der Waals surface area contributed by atoms with Crippen LogP contribution in [-0.4, -0.2) is 35.5 Å². The van der Waals surface area contributed by atoms with Crippen molar-refractivity contribution < 1.29 is 14.3 Å². The average Bonchev–Trinajstić information content (AvgIpc) is 2.67. The van der Waals surface area contributed by atoms with Gasteiger partial charge in [0.2, 0.25) is 0 Å². The number of carbonyl (C=O) groups excluding carboxylic acids is 2. The molecule has 1 heterocycles. The summed E-state index contributed by atoms with van der Waals surface area (Å²) in [5.74, 6) is -0.390. The summed E-state index contributed by atoms with van der Waals surface area (Å²) in [6, 6.07) is 12.1. The summed E-state index contributed by atoms with van der Waals surface area (Å²) in [5.41, 5.74) is 1.15. The highest BCUT2D eigenvalue weighted by molar-refractivity contribution is 9.10. The first-order chi connectivity index (χ1) is 13.4. The third-order valence-electron chi connectivity index (χ3n) is 4.22. The molecule has 0 unspecified atom stereocenters. The van der Waals surface area contributed by atoms with Crippen LogP contribution in [0.4, 0.5) is 5.69 Å². The summed E-state index contributed by atoms with van der Waals surface area (Å²) in [7, 11) is 1.53. The molecule has 3 rings (SSSR count). The Bertz CT molecular complexity index is 991. The number of halogens is 2. The number of anilines is 1. The van der Waals surface area contributed by atoms with E-state index in [1.165, 1.54) is 23.0 Å². The number of benzene rings is 2. The Kier molecular flexibility index (Phi) is 6.17. The molecule has 0 atom stereocenters. The van der Waals surface area contributed by atoms with Crippen molar-refractivity contribution in [1.82, 2.24) is 4.90 Å². The van der Waals surface area contributed by atoms with Gasteiger partial charge in [0.15, 0.2) is 5.11 Å². The first-order valence-electron chi connectivity index (χ1n) is 8.38. The summed E-state index contributed by atoms with van der Waals surface area (Å²) in [6.07, 6.45) is 1.53. The lowest BCUT2D eigenvalue weighted by Gasteiger charge is -2.36. The molecule has 1 aliphatic rings. The minimum Gasteiger partial charge on any atom is -0.496 e. The molecule has 1 fully saturated rings. The van der Waals surface area contributed by atoms with Crippen LogP contribution in [-0.2, 0) is 9.59 Å². The van der Waals surface area contributed by atoms with Gasteiger partial charge in [-0.3, -0.25) is 19.4 Å². The highest BCUT2D eigenvalue weighted by Crippen LogP contribution is 2.30. The molecule has 0 N–H and O–H groups in total. The van der Waals surface area contributed by atoms with E-state index in [0.29, 0.717) is 28.6 Å². The molecule has 8 heteroatoms. The molecule has 0 spiro atoms. The Morgan fingerprint density at radius 3 is 2.43 bits per heavy atom. The zero-order valence-electron chi connectivity index (χ0n) is 15.1. The summed E-state index contributed by atoms with van der Waals surface area (Å²) >= 11 is 14.8. The van der Waals surface area contributed by atoms with Crippen LogP contribution in [0.3, 0.4) is 0 Å². The second kappa shape index (κ2) is 8.43. The smallest absolute Gasteiger partial charge is 0.270 e. The van der Waals surface area contributed by atoms with E-state index < -0.39 is 11.8 Å². The lowest BCUT2D eigenvalue weighted by Crippen LogP contribution is -2.56. The fourth-order valence-electron chi connectivity index (χ4n) is 2.85. The number of ether oxygens (including phenoxy) is 1. The van der Waals surface area contributed by atoms with Gasteiger partial charge in [-0.05, 0) is 67.7 Å². The molecule has 28 heavy (non-hydrogen) atoms. The molecule has 144 valence electrons. The van der Waals surface area contributed by atoms with E-state index >= 15 is 0 Å². The van der Waals surface area contributed by atoms with Crippen LogP contribution >= 0.6 is 39.7 Å². The Hall–Kier alpha value is -2.22.